The van der Waals surface area contributed by atoms with Gasteiger partial charge in [0.25, 0.3) is 0 Å². The topological polar surface area (TPSA) is 85.9 Å². The molecule has 1 aliphatic rings. The van der Waals surface area contributed by atoms with E-state index in [1.807, 2.05) is 31.2 Å². The molecule has 6 nitrogen and oxygen atoms in total. The van der Waals surface area contributed by atoms with Gasteiger partial charge < -0.3 is 20.5 Å². The van der Waals surface area contributed by atoms with E-state index in [0.717, 1.165) is 24.2 Å². The number of nitrogens with one attached hydrogen (secondary N) is 1. The third-order valence-corrected chi connectivity index (χ3v) is 4.50. The number of hydrogen-bond donors (Lipinski definition) is 2. The summed E-state index contributed by atoms with van der Waals surface area (Å²) >= 11 is 6.32. The van der Waals surface area contributed by atoms with E-state index in [-0.39, 0.29) is 22.6 Å². The first-order valence-electron chi connectivity index (χ1n) is 8.29. The van der Waals surface area contributed by atoms with Crippen LogP contribution in [0.2, 0.25) is 0 Å². The van der Waals surface area contributed by atoms with Crippen molar-refractivity contribution >= 4 is 23.3 Å². The summed E-state index contributed by atoms with van der Waals surface area (Å²) in [4.78, 5) is 16.3. The largest absolute Gasteiger partial charge is 0.497 e. The molecular weight excluding hydrogens is 354 g/mol. The van der Waals surface area contributed by atoms with E-state index in [9.17, 15) is 4.79 Å². The van der Waals surface area contributed by atoms with Gasteiger partial charge in [-0.2, -0.15) is 0 Å². The fourth-order valence-electron chi connectivity index (χ4n) is 2.33. The van der Waals surface area contributed by atoms with Gasteiger partial charge in [-0.25, -0.2) is 9.79 Å². The predicted molar refractivity (Wildman–Crippen MR) is 103 cm³/mol. The molecule has 7 heteroatoms. The summed E-state index contributed by atoms with van der Waals surface area (Å²) in [5, 5.41) is 3.09. The molecule has 0 bridgehead atoms. The molecule has 0 unspecified atom stereocenters. The van der Waals surface area contributed by atoms with E-state index in [1.54, 1.807) is 7.11 Å². The van der Waals surface area contributed by atoms with Gasteiger partial charge in [0.2, 0.25) is 0 Å². The van der Waals surface area contributed by atoms with Crippen molar-refractivity contribution in [2.75, 3.05) is 14.2 Å². The standard InChI is InChI=1S/C19H24ClN3O3/c1-11(13-5-6-13)22-17(19(24)26-4)16(20)18(21)23-12(2)14-7-9-15(25-3)10-8-14/h7-10,12-13,23H,1,5-6,21H2,2-4H3/b18-16-,22-17+/t12-/m0/s1. The quantitative estimate of drug-likeness (QED) is 0.536. The Bertz CT molecular complexity index is 737. The maximum absolute atomic E-state index is 12.1. The molecule has 0 aliphatic heterocycles. The van der Waals surface area contributed by atoms with Crippen molar-refractivity contribution in [1.29, 1.82) is 0 Å². The average molecular weight is 378 g/mol. The highest BCUT2D eigenvalue weighted by molar-refractivity contribution is 6.58. The van der Waals surface area contributed by atoms with Crippen LogP contribution in [0.3, 0.4) is 0 Å². The second-order valence-electron chi connectivity index (χ2n) is 6.08. The number of rotatable bonds is 8. The average Bonchev–Trinajstić information content (AvgIpc) is 3.50. The smallest absolute Gasteiger partial charge is 0.358 e. The van der Waals surface area contributed by atoms with Gasteiger partial charge in [0.05, 0.1) is 14.2 Å². The van der Waals surface area contributed by atoms with E-state index in [0.29, 0.717) is 11.6 Å². The fraction of sp³-hybridized carbons (Fsp3) is 0.368. The molecule has 3 N–H and O–H groups in total. The number of allylic oxidation sites excluding steroid dienone is 1. The first-order chi connectivity index (χ1) is 12.4. The van der Waals surface area contributed by atoms with Gasteiger partial charge in [-0.1, -0.05) is 30.3 Å². The normalized spacial score (nSPS) is 16.4. The number of nitrogens with two attached hydrogens (primary N) is 1. The lowest BCUT2D eigenvalue weighted by Crippen LogP contribution is -2.28. The van der Waals surface area contributed by atoms with Gasteiger partial charge in [0, 0.05) is 17.7 Å². The highest BCUT2D eigenvalue weighted by atomic mass is 35.5. The minimum Gasteiger partial charge on any atom is -0.497 e. The van der Waals surface area contributed by atoms with Crippen LogP contribution in [0.25, 0.3) is 0 Å². The van der Waals surface area contributed by atoms with Crippen molar-refractivity contribution < 1.29 is 14.3 Å². The summed E-state index contributed by atoms with van der Waals surface area (Å²) in [7, 11) is 2.88. The molecule has 0 heterocycles. The van der Waals surface area contributed by atoms with E-state index >= 15 is 0 Å². The summed E-state index contributed by atoms with van der Waals surface area (Å²) in [6.07, 6.45) is 2.03. The maximum Gasteiger partial charge on any atom is 0.358 e. The lowest BCUT2D eigenvalue weighted by molar-refractivity contribution is -0.132. The van der Waals surface area contributed by atoms with Crippen molar-refractivity contribution in [2.45, 2.75) is 25.8 Å². The van der Waals surface area contributed by atoms with Crippen LogP contribution in [0.4, 0.5) is 0 Å². The van der Waals surface area contributed by atoms with E-state index in [2.05, 4.69) is 16.9 Å². The van der Waals surface area contributed by atoms with Gasteiger partial charge in [-0.3, -0.25) is 0 Å². The molecule has 1 aromatic carbocycles. The molecule has 0 spiro atoms. The number of hydrogen-bond acceptors (Lipinski definition) is 6. The third-order valence-electron chi connectivity index (χ3n) is 4.11. The Labute approximate surface area is 158 Å². The van der Waals surface area contributed by atoms with Gasteiger partial charge in [-0.15, -0.1) is 0 Å². The summed E-state index contributed by atoms with van der Waals surface area (Å²) in [6.45, 7) is 5.82. The van der Waals surface area contributed by atoms with Crippen LogP contribution in [0.15, 0.2) is 52.4 Å². The second kappa shape index (κ2) is 8.76. The number of halogens is 1. The molecule has 0 amide bonds. The zero-order chi connectivity index (χ0) is 19.3. The molecule has 1 atom stereocenters. The first-order valence-corrected chi connectivity index (χ1v) is 8.67. The summed E-state index contributed by atoms with van der Waals surface area (Å²) in [5.41, 5.74) is 7.62. The number of aliphatic imine (C=N–C) groups is 1. The van der Waals surface area contributed by atoms with Gasteiger partial charge in [-0.05, 0) is 37.5 Å². The zero-order valence-electron chi connectivity index (χ0n) is 15.2. The maximum atomic E-state index is 12.1. The summed E-state index contributed by atoms with van der Waals surface area (Å²) in [6, 6.07) is 7.41. The number of methoxy groups -OCH3 is 2. The number of carbonyl (C=O) groups excluding carboxylic acids is 1. The highest BCUT2D eigenvalue weighted by Crippen LogP contribution is 2.36. The molecule has 1 aromatic rings. The molecule has 0 saturated heterocycles. The Morgan fingerprint density at radius 2 is 1.96 bits per heavy atom. The third kappa shape index (κ3) is 5.02. The van der Waals surface area contributed by atoms with Crippen molar-refractivity contribution in [3.05, 3.63) is 53.0 Å². The Morgan fingerprint density at radius 3 is 2.46 bits per heavy atom. The molecule has 1 aliphatic carbocycles. The molecule has 0 aromatic heterocycles. The Kier molecular flexibility index (Phi) is 6.69. The molecule has 0 radical (unpaired) electrons. The van der Waals surface area contributed by atoms with Crippen LogP contribution in [-0.2, 0) is 9.53 Å². The summed E-state index contributed by atoms with van der Waals surface area (Å²) < 4.78 is 9.92. The monoisotopic (exact) mass is 377 g/mol. The number of ether oxygens (including phenoxy) is 2. The number of esters is 1. The predicted octanol–water partition coefficient (Wildman–Crippen LogP) is 3.25. The number of nitrogens with zero attached hydrogens (tertiary/aromatic N) is 1. The molecule has 2 rings (SSSR count). The molecule has 1 fully saturated rings. The zero-order valence-corrected chi connectivity index (χ0v) is 16.0. The second-order valence-corrected chi connectivity index (χ2v) is 6.46. The van der Waals surface area contributed by atoms with Crippen LogP contribution in [0, 0.1) is 5.92 Å². The fourth-order valence-corrected chi connectivity index (χ4v) is 2.51. The van der Waals surface area contributed by atoms with E-state index < -0.39 is 5.97 Å². The van der Waals surface area contributed by atoms with Crippen LogP contribution in [0.5, 0.6) is 5.75 Å². The SMILES string of the molecule is C=C(/N=C(C(=O)OC)\C(Cl)=C(/N)N[C@@H](C)c1ccc(OC)cc1)C1CC1. The number of benzene rings is 1. The van der Waals surface area contributed by atoms with E-state index in [4.69, 9.17) is 26.8 Å². The number of carbonyl (C=O) groups is 1. The lowest BCUT2D eigenvalue weighted by Gasteiger charge is -2.17. The van der Waals surface area contributed by atoms with Gasteiger partial charge in [0.15, 0.2) is 5.71 Å². The summed E-state index contributed by atoms with van der Waals surface area (Å²) in [5.74, 6) is 0.550. The van der Waals surface area contributed by atoms with Gasteiger partial charge in [0.1, 0.15) is 16.6 Å². The van der Waals surface area contributed by atoms with Crippen molar-refractivity contribution in [2.24, 2.45) is 16.6 Å². The molecule has 1 saturated carbocycles. The Hall–Kier alpha value is -2.47. The van der Waals surface area contributed by atoms with Gasteiger partial charge >= 0.3 is 5.97 Å². The Balaban J connectivity index is 2.20. The van der Waals surface area contributed by atoms with Crippen LogP contribution in [0.1, 0.15) is 31.4 Å². The van der Waals surface area contributed by atoms with Crippen molar-refractivity contribution in [3.8, 4) is 5.75 Å². The van der Waals surface area contributed by atoms with Crippen LogP contribution < -0.4 is 15.8 Å². The van der Waals surface area contributed by atoms with Crippen LogP contribution in [-0.4, -0.2) is 25.9 Å². The highest BCUT2D eigenvalue weighted by Gasteiger charge is 2.27. The van der Waals surface area contributed by atoms with E-state index in [1.165, 1.54) is 7.11 Å². The van der Waals surface area contributed by atoms with Crippen LogP contribution >= 0.6 is 11.6 Å². The van der Waals surface area contributed by atoms with Crippen molar-refractivity contribution in [3.63, 3.8) is 0 Å². The lowest BCUT2D eigenvalue weighted by atomic mass is 10.1. The molecule has 26 heavy (non-hydrogen) atoms. The van der Waals surface area contributed by atoms with Crippen molar-refractivity contribution in [1.82, 2.24) is 5.32 Å². The Morgan fingerprint density at radius 1 is 1.35 bits per heavy atom. The molecular formula is C19H24ClN3O3. The minimum absolute atomic E-state index is 0.0130. The molecule has 140 valence electrons. The minimum atomic E-state index is -0.654. The first kappa shape index (κ1) is 19.8.